The van der Waals surface area contributed by atoms with Gasteiger partial charge >= 0.3 is 0 Å². The summed E-state index contributed by atoms with van der Waals surface area (Å²) in [4.78, 5) is 0. The van der Waals surface area contributed by atoms with Gasteiger partial charge in [0.05, 0.1) is 0 Å². The summed E-state index contributed by atoms with van der Waals surface area (Å²) in [7, 11) is 0. The summed E-state index contributed by atoms with van der Waals surface area (Å²) >= 11 is 6.27. The minimum Gasteiger partial charge on any atom is -0.314 e. The van der Waals surface area contributed by atoms with Crippen molar-refractivity contribution in [1.29, 1.82) is 0 Å². The molecule has 1 fully saturated rings. The Morgan fingerprint density at radius 3 is 2.78 bits per heavy atom. The second-order valence-corrected chi connectivity index (χ2v) is 5.84. The highest BCUT2D eigenvalue weighted by molar-refractivity contribution is 6.31. The van der Waals surface area contributed by atoms with Crippen molar-refractivity contribution in [2.75, 3.05) is 6.54 Å². The van der Waals surface area contributed by atoms with Crippen LogP contribution in [-0.4, -0.2) is 12.6 Å². The highest BCUT2D eigenvalue weighted by Gasteiger charge is 2.20. The molecule has 2 unspecified atom stereocenters. The lowest BCUT2D eigenvalue weighted by molar-refractivity contribution is 0.389. The molecule has 1 N–H and O–H groups in total. The van der Waals surface area contributed by atoms with E-state index in [-0.39, 0.29) is 0 Å². The van der Waals surface area contributed by atoms with Gasteiger partial charge in [-0.1, -0.05) is 56.0 Å². The maximum atomic E-state index is 6.27. The van der Waals surface area contributed by atoms with Crippen LogP contribution in [0.4, 0.5) is 0 Å². The van der Waals surface area contributed by atoms with E-state index < -0.39 is 0 Å². The molecule has 0 radical (unpaired) electrons. The molecule has 2 heteroatoms. The van der Waals surface area contributed by atoms with Gasteiger partial charge in [-0.25, -0.2) is 0 Å². The fourth-order valence-corrected chi connectivity index (χ4v) is 3.31. The Bertz CT molecular complexity index is 364. The largest absolute Gasteiger partial charge is 0.314 e. The average Bonchev–Trinajstić information content (AvgIpc) is 2.58. The summed E-state index contributed by atoms with van der Waals surface area (Å²) in [6, 6.07) is 9.01. The third-order valence-electron chi connectivity index (χ3n) is 3.99. The van der Waals surface area contributed by atoms with Crippen molar-refractivity contribution in [3.8, 4) is 0 Å². The molecule has 0 aromatic heterocycles. The first-order valence-corrected chi connectivity index (χ1v) is 7.64. The topological polar surface area (TPSA) is 12.0 Å². The predicted octanol–water partition coefficient (Wildman–Crippen LogP) is 4.44. The molecule has 1 aromatic rings. The van der Waals surface area contributed by atoms with Gasteiger partial charge in [0.2, 0.25) is 0 Å². The average molecular weight is 266 g/mol. The number of hydrogen-bond donors (Lipinski definition) is 1. The second-order valence-electron chi connectivity index (χ2n) is 5.44. The lowest BCUT2D eigenvalue weighted by Gasteiger charge is -2.21. The zero-order valence-corrected chi connectivity index (χ0v) is 12.0. The molecule has 1 saturated carbocycles. The summed E-state index contributed by atoms with van der Waals surface area (Å²) in [6.07, 6.45) is 7.88. The van der Waals surface area contributed by atoms with Crippen LogP contribution in [0.25, 0.3) is 0 Å². The Labute approximate surface area is 116 Å². The zero-order valence-electron chi connectivity index (χ0n) is 11.3. The van der Waals surface area contributed by atoms with E-state index in [4.69, 9.17) is 11.6 Å². The highest BCUT2D eigenvalue weighted by atomic mass is 35.5. The molecular weight excluding hydrogens is 242 g/mol. The van der Waals surface area contributed by atoms with E-state index in [0.717, 1.165) is 23.9 Å². The van der Waals surface area contributed by atoms with Crippen molar-refractivity contribution in [2.24, 2.45) is 5.92 Å². The van der Waals surface area contributed by atoms with Crippen LogP contribution in [0, 0.1) is 5.92 Å². The third-order valence-corrected chi connectivity index (χ3v) is 4.36. The van der Waals surface area contributed by atoms with Gasteiger partial charge in [0.15, 0.2) is 0 Å². The summed E-state index contributed by atoms with van der Waals surface area (Å²) < 4.78 is 0. The van der Waals surface area contributed by atoms with Gasteiger partial charge in [-0.3, -0.25) is 0 Å². The Balaban J connectivity index is 1.97. The van der Waals surface area contributed by atoms with Crippen LogP contribution < -0.4 is 5.32 Å². The molecule has 1 aliphatic rings. The Hall–Kier alpha value is -0.530. The number of rotatable bonds is 4. The van der Waals surface area contributed by atoms with E-state index >= 15 is 0 Å². The minimum atomic E-state index is 0.713. The zero-order chi connectivity index (χ0) is 12.8. The van der Waals surface area contributed by atoms with E-state index in [9.17, 15) is 0 Å². The van der Waals surface area contributed by atoms with Crippen LogP contribution in [0.2, 0.25) is 5.02 Å². The predicted molar refractivity (Wildman–Crippen MR) is 79.2 cm³/mol. The van der Waals surface area contributed by atoms with E-state index in [1.54, 1.807) is 0 Å². The molecule has 1 aromatic carbocycles. The first-order valence-electron chi connectivity index (χ1n) is 7.26. The number of hydrogen-bond acceptors (Lipinski definition) is 1. The molecule has 0 amide bonds. The monoisotopic (exact) mass is 265 g/mol. The first kappa shape index (κ1) is 13.9. The molecule has 0 spiro atoms. The van der Waals surface area contributed by atoms with Crippen molar-refractivity contribution in [3.05, 3.63) is 34.9 Å². The maximum absolute atomic E-state index is 6.27. The molecule has 2 rings (SSSR count). The molecule has 0 saturated heterocycles. The van der Waals surface area contributed by atoms with E-state index in [2.05, 4.69) is 24.4 Å². The molecule has 100 valence electrons. The van der Waals surface area contributed by atoms with Gasteiger partial charge in [-0.2, -0.15) is 0 Å². The van der Waals surface area contributed by atoms with E-state index in [1.165, 1.54) is 37.7 Å². The van der Waals surface area contributed by atoms with Gasteiger partial charge in [-0.15, -0.1) is 0 Å². The van der Waals surface area contributed by atoms with Crippen LogP contribution in [0.15, 0.2) is 24.3 Å². The standard InChI is InChI=1S/C16H24ClN/c1-2-18-15-9-5-3-7-13(12-15)11-14-8-4-6-10-16(14)17/h4,6,8,10,13,15,18H,2-3,5,7,9,11-12H2,1H3. The van der Waals surface area contributed by atoms with Crippen molar-refractivity contribution in [1.82, 2.24) is 5.32 Å². The fraction of sp³-hybridized carbons (Fsp3) is 0.625. The summed E-state index contributed by atoms with van der Waals surface area (Å²) in [5, 5.41) is 4.55. The van der Waals surface area contributed by atoms with Crippen molar-refractivity contribution < 1.29 is 0 Å². The van der Waals surface area contributed by atoms with Gasteiger partial charge in [0, 0.05) is 11.1 Å². The van der Waals surface area contributed by atoms with Crippen LogP contribution >= 0.6 is 11.6 Å². The van der Waals surface area contributed by atoms with Crippen molar-refractivity contribution in [2.45, 2.75) is 51.5 Å². The van der Waals surface area contributed by atoms with Gasteiger partial charge in [-0.05, 0) is 43.4 Å². The third kappa shape index (κ3) is 4.00. The molecule has 1 aliphatic carbocycles. The summed E-state index contributed by atoms with van der Waals surface area (Å²) in [6.45, 7) is 3.29. The fourth-order valence-electron chi connectivity index (χ4n) is 3.10. The van der Waals surface area contributed by atoms with Crippen LogP contribution in [0.5, 0.6) is 0 Å². The Morgan fingerprint density at radius 2 is 2.00 bits per heavy atom. The second kappa shape index (κ2) is 7.16. The highest BCUT2D eigenvalue weighted by Crippen LogP contribution is 2.28. The van der Waals surface area contributed by atoms with Crippen molar-refractivity contribution >= 4 is 11.6 Å². The first-order chi connectivity index (χ1) is 8.79. The normalized spacial score (nSPS) is 24.8. The number of nitrogens with one attached hydrogen (secondary N) is 1. The minimum absolute atomic E-state index is 0.713. The summed E-state index contributed by atoms with van der Waals surface area (Å²) in [5.74, 6) is 0.788. The molecule has 18 heavy (non-hydrogen) atoms. The molecule has 1 nitrogen and oxygen atoms in total. The van der Waals surface area contributed by atoms with E-state index in [1.807, 2.05) is 12.1 Å². The molecule has 0 heterocycles. The smallest absolute Gasteiger partial charge is 0.0438 e. The SMILES string of the molecule is CCNC1CCCCC(Cc2ccccc2Cl)C1. The van der Waals surface area contributed by atoms with Crippen LogP contribution in [-0.2, 0) is 6.42 Å². The Kier molecular flexibility index (Phi) is 5.52. The van der Waals surface area contributed by atoms with Gasteiger partial charge < -0.3 is 5.32 Å². The van der Waals surface area contributed by atoms with Crippen LogP contribution in [0.1, 0.15) is 44.6 Å². The van der Waals surface area contributed by atoms with Crippen molar-refractivity contribution in [3.63, 3.8) is 0 Å². The number of halogens is 1. The quantitative estimate of drug-likeness (QED) is 0.794. The van der Waals surface area contributed by atoms with Crippen LogP contribution in [0.3, 0.4) is 0 Å². The Morgan fingerprint density at radius 1 is 1.22 bits per heavy atom. The van der Waals surface area contributed by atoms with E-state index in [0.29, 0.717) is 6.04 Å². The lowest BCUT2D eigenvalue weighted by atomic mass is 9.91. The maximum Gasteiger partial charge on any atom is 0.0438 e. The molecule has 0 bridgehead atoms. The molecular formula is C16H24ClN. The molecule has 2 atom stereocenters. The van der Waals surface area contributed by atoms with Gasteiger partial charge in [0.1, 0.15) is 0 Å². The lowest BCUT2D eigenvalue weighted by Crippen LogP contribution is -2.30. The summed E-state index contributed by atoms with van der Waals surface area (Å²) in [5.41, 5.74) is 1.32. The number of benzene rings is 1. The van der Waals surface area contributed by atoms with Gasteiger partial charge in [0.25, 0.3) is 0 Å². The molecule has 0 aliphatic heterocycles.